The van der Waals surface area contributed by atoms with Crippen LogP contribution in [-0.2, 0) is 0 Å². The summed E-state index contributed by atoms with van der Waals surface area (Å²) in [5.74, 6) is 1.25. The zero-order valence-electron chi connectivity index (χ0n) is 11.0. The molecule has 2 rings (SSSR count). The van der Waals surface area contributed by atoms with Gasteiger partial charge in [-0.1, -0.05) is 20.3 Å². The van der Waals surface area contributed by atoms with Gasteiger partial charge in [-0.3, -0.25) is 9.78 Å². The van der Waals surface area contributed by atoms with Gasteiger partial charge in [0.05, 0.1) is 0 Å². The van der Waals surface area contributed by atoms with Gasteiger partial charge in [0.25, 0.3) is 5.56 Å². The molecule has 1 aromatic heterocycles. The molecule has 1 aromatic rings. The van der Waals surface area contributed by atoms with E-state index < -0.39 is 0 Å². The van der Waals surface area contributed by atoms with E-state index in [-0.39, 0.29) is 5.56 Å². The molecule has 0 bridgehead atoms. The SMILES string of the molecule is Cc1nnc(NN=C2[C@H](C)CCC[C@@H]2C)[nH]c1=O. The summed E-state index contributed by atoms with van der Waals surface area (Å²) in [7, 11) is 0. The first-order valence-electron chi connectivity index (χ1n) is 6.35. The second-order valence-electron chi connectivity index (χ2n) is 4.97. The number of rotatable bonds is 2. The molecule has 1 aliphatic carbocycles. The van der Waals surface area contributed by atoms with E-state index in [0.717, 1.165) is 5.71 Å². The van der Waals surface area contributed by atoms with Gasteiger partial charge in [-0.2, -0.15) is 5.10 Å². The van der Waals surface area contributed by atoms with Crippen molar-refractivity contribution in [3.63, 3.8) is 0 Å². The molecule has 0 unspecified atom stereocenters. The van der Waals surface area contributed by atoms with E-state index in [2.05, 4.69) is 39.6 Å². The van der Waals surface area contributed by atoms with Crippen LogP contribution in [0.15, 0.2) is 9.90 Å². The van der Waals surface area contributed by atoms with Gasteiger partial charge in [-0.25, -0.2) is 5.43 Å². The minimum Gasteiger partial charge on any atom is -0.288 e. The van der Waals surface area contributed by atoms with E-state index >= 15 is 0 Å². The zero-order valence-corrected chi connectivity index (χ0v) is 11.0. The molecule has 98 valence electrons. The highest BCUT2D eigenvalue weighted by atomic mass is 16.1. The lowest BCUT2D eigenvalue weighted by molar-refractivity contribution is 0.486. The molecule has 18 heavy (non-hydrogen) atoms. The van der Waals surface area contributed by atoms with Crippen molar-refractivity contribution in [2.45, 2.75) is 40.0 Å². The lowest BCUT2D eigenvalue weighted by Crippen LogP contribution is -2.26. The minimum absolute atomic E-state index is 0.238. The van der Waals surface area contributed by atoms with Crippen LogP contribution in [0.25, 0.3) is 0 Å². The normalized spacial score (nSPS) is 26.3. The highest BCUT2D eigenvalue weighted by molar-refractivity contribution is 5.89. The van der Waals surface area contributed by atoms with Crippen molar-refractivity contribution in [2.75, 3.05) is 5.43 Å². The molecule has 0 spiro atoms. The Balaban J connectivity index is 2.13. The summed E-state index contributed by atoms with van der Waals surface area (Å²) in [6.45, 7) is 5.98. The first-order valence-corrected chi connectivity index (χ1v) is 6.35. The van der Waals surface area contributed by atoms with Crippen molar-refractivity contribution in [3.05, 3.63) is 16.0 Å². The zero-order chi connectivity index (χ0) is 13.1. The van der Waals surface area contributed by atoms with E-state index in [4.69, 9.17) is 0 Å². The van der Waals surface area contributed by atoms with Gasteiger partial charge >= 0.3 is 0 Å². The Morgan fingerprint density at radius 1 is 1.28 bits per heavy atom. The summed E-state index contributed by atoms with van der Waals surface area (Å²) in [6.07, 6.45) is 3.59. The van der Waals surface area contributed by atoms with Crippen LogP contribution in [0.3, 0.4) is 0 Å². The molecule has 6 heteroatoms. The first-order chi connectivity index (χ1) is 8.58. The number of hydrogen-bond donors (Lipinski definition) is 2. The maximum absolute atomic E-state index is 11.4. The molecule has 0 aromatic carbocycles. The Morgan fingerprint density at radius 2 is 1.94 bits per heavy atom. The van der Waals surface area contributed by atoms with Gasteiger partial charge in [0.1, 0.15) is 5.69 Å². The fourth-order valence-corrected chi connectivity index (χ4v) is 2.29. The predicted octanol–water partition coefficient (Wildman–Crippen LogP) is 1.70. The predicted molar refractivity (Wildman–Crippen MR) is 70.6 cm³/mol. The average Bonchev–Trinajstić information content (AvgIpc) is 2.33. The largest absolute Gasteiger partial charge is 0.288 e. The highest BCUT2D eigenvalue weighted by Gasteiger charge is 2.22. The van der Waals surface area contributed by atoms with Gasteiger partial charge < -0.3 is 0 Å². The fraction of sp³-hybridized carbons (Fsp3) is 0.667. The van der Waals surface area contributed by atoms with Crippen LogP contribution >= 0.6 is 0 Å². The third-order valence-corrected chi connectivity index (χ3v) is 3.44. The van der Waals surface area contributed by atoms with Crippen LogP contribution in [0.2, 0.25) is 0 Å². The molecule has 2 N–H and O–H groups in total. The van der Waals surface area contributed by atoms with Gasteiger partial charge in [-0.15, -0.1) is 10.2 Å². The van der Waals surface area contributed by atoms with Crippen molar-refractivity contribution in [3.8, 4) is 0 Å². The molecule has 6 nitrogen and oxygen atoms in total. The third-order valence-electron chi connectivity index (χ3n) is 3.44. The molecule has 0 amide bonds. The van der Waals surface area contributed by atoms with Crippen LogP contribution in [0.4, 0.5) is 5.95 Å². The van der Waals surface area contributed by atoms with E-state index in [1.807, 2.05) is 0 Å². The van der Waals surface area contributed by atoms with Crippen LogP contribution in [-0.4, -0.2) is 20.9 Å². The monoisotopic (exact) mass is 249 g/mol. The summed E-state index contributed by atoms with van der Waals surface area (Å²) >= 11 is 0. The maximum atomic E-state index is 11.4. The Kier molecular flexibility index (Phi) is 3.74. The Hall–Kier alpha value is -1.72. The summed E-state index contributed by atoms with van der Waals surface area (Å²) in [5, 5.41) is 12.0. The van der Waals surface area contributed by atoms with Crippen LogP contribution in [0, 0.1) is 18.8 Å². The number of hydrogen-bond acceptors (Lipinski definition) is 5. The fourth-order valence-electron chi connectivity index (χ4n) is 2.29. The second-order valence-corrected chi connectivity index (χ2v) is 4.97. The lowest BCUT2D eigenvalue weighted by Gasteiger charge is -2.26. The number of aryl methyl sites for hydroxylation is 1. The van der Waals surface area contributed by atoms with Crippen LogP contribution in [0.1, 0.15) is 38.8 Å². The number of aromatic nitrogens is 3. The summed E-state index contributed by atoms with van der Waals surface area (Å²) in [6, 6.07) is 0. The van der Waals surface area contributed by atoms with Crippen molar-refractivity contribution in [1.82, 2.24) is 15.2 Å². The summed E-state index contributed by atoms with van der Waals surface area (Å²) in [4.78, 5) is 14.0. The molecule has 0 radical (unpaired) electrons. The van der Waals surface area contributed by atoms with E-state index in [1.54, 1.807) is 6.92 Å². The quantitative estimate of drug-likeness (QED) is 0.781. The van der Waals surface area contributed by atoms with Crippen molar-refractivity contribution in [2.24, 2.45) is 16.9 Å². The average molecular weight is 249 g/mol. The number of aromatic amines is 1. The lowest BCUT2D eigenvalue weighted by atomic mass is 9.81. The Labute approximate surface area is 106 Å². The highest BCUT2D eigenvalue weighted by Crippen LogP contribution is 2.26. The first kappa shape index (κ1) is 12.7. The van der Waals surface area contributed by atoms with Crippen molar-refractivity contribution >= 4 is 11.7 Å². The molecular weight excluding hydrogens is 230 g/mol. The summed E-state index contributed by atoms with van der Waals surface area (Å²) in [5.41, 5.74) is 4.06. The molecule has 1 fully saturated rings. The molecule has 1 saturated carbocycles. The number of H-pyrrole nitrogens is 1. The second kappa shape index (κ2) is 5.29. The Morgan fingerprint density at radius 3 is 2.56 bits per heavy atom. The smallest absolute Gasteiger partial charge is 0.274 e. The number of nitrogens with one attached hydrogen (secondary N) is 2. The number of anilines is 1. The molecule has 1 heterocycles. The van der Waals surface area contributed by atoms with Gasteiger partial charge in [0.2, 0.25) is 5.95 Å². The topological polar surface area (TPSA) is 83.0 Å². The van der Waals surface area contributed by atoms with Gasteiger partial charge in [-0.05, 0) is 31.6 Å². The minimum atomic E-state index is -0.238. The number of nitrogens with zero attached hydrogens (tertiary/aromatic N) is 3. The van der Waals surface area contributed by atoms with Crippen molar-refractivity contribution < 1.29 is 0 Å². The maximum Gasteiger partial charge on any atom is 0.274 e. The standard InChI is InChI=1S/C12H19N5O/c1-7-5-4-6-8(2)10(7)15-17-12-13-11(18)9(3)14-16-12/h7-8H,4-6H2,1-3H3,(H2,13,16,17,18)/t7-,8+. The van der Waals surface area contributed by atoms with E-state index in [9.17, 15) is 4.79 Å². The van der Waals surface area contributed by atoms with Gasteiger partial charge in [0, 0.05) is 5.71 Å². The van der Waals surface area contributed by atoms with E-state index in [1.165, 1.54) is 19.3 Å². The molecule has 1 aliphatic rings. The molecule has 2 atom stereocenters. The van der Waals surface area contributed by atoms with Crippen molar-refractivity contribution in [1.29, 1.82) is 0 Å². The Bertz CT molecular complexity index is 495. The molecule has 0 aliphatic heterocycles. The van der Waals surface area contributed by atoms with E-state index in [0.29, 0.717) is 23.5 Å². The molecular formula is C12H19N5O. The van der Waals surface area contributed by atoms with Crippen LogP contribution < -0.4 is 11.0 Å². The van der Waals surface area contributed by atoms with Crippen LogP contribution in [0.5, 0.6) is 0 Å². The molecule has 0 saturated heterocycles. The third kappa shape index (κ3) is 2.75. The van der Waals surface area contributed by atoms with Gasteiger partial charge in [0.15, 0.2) is 0 Å². The summed E-state index contributed by atoms with van der Waals surface area (Å²) < 4.78 is 0. The number of hydrazone groups is 1.